The van der Waals surface area contributed by atoms with Gasteiger partial charge in [-0.25, -0.2) is 0 Å². The molecule has 1 aliphatic carbocycles. The summed E-state index contributed by atoms with van der Waals surface area (Å²) >= 11 is 6.31. The molecular formula is C19H22ClN. The van der Waals surface area contributed by atoms with Crippen LogP contribution in [0.1, 0.15) is 43.7 Å². The molecule has 0 radical (unpaired) electrons. The zero-order valence-electron chi connectivity index (χ0n) is 12.7. The summed E-state index contributed by atoms with van der Waals surface area (Å²) in [5.74, 6) is 0.572. The molecule has 1 saturated carbocycles. The van der Waals surface area contributed by atoms with Crippen molar-refractivity contribution in [3.05, 3.63) is 58.6 Å². The summed E-state index contributed by atoms with van der Waals surface area (Å²) in [5, 5.41) is 4.38. The molecule has 0 aliphatic heterocycles. The van der Waals surface area contributed by atoms with Gasteiger partial charge in [0, 0.05) is 17.6 Å². The smallest absolute Gasteiger partial charge is 0.0451 e. The minimum atomic E-state index is 0.572. The molecule has 21 heavy (non-hydrogen) atoms. The molecule has 0 saturated heterocycles. The van der Waals surface area contributed by atoms with Gasteiger partial charge in [-0.1, -0.05) is 55.8 Å². The van der Waals surface area contributed by atoms with Gasteiger partial charge in [0.05, 0.1) is 0 Å². The van der Waals surface area contributed by atoms with Crippen LogP contribution in [0.4, 0.5) is 0 Å². The molecule has 0 unspecified atom stereocenters. The largest absolute Gasteiger partial charge is 0.310 e. The third kappa shape index (κ3) is 3.66. The normalized spacial score (nSPS) is 14.7. The van der Waals surface area contributed by atoms with E-state index in [-0.39, 0.29) is 0 Å². The number of rotatable bonds is 5. The number of benzene rings is 2. The number of halogens is 1. The highest BCUT2D eigenvalue weighted by atomic mass is 35.5. The summed E-state index contributed by atoms with van der Waals surface area (Å²) in [6.45, 7) is 5.30. The maximum absolute atomic E-state index is 6.31. The van der Waals surface area contributed by atoms with Crippen molar-refractivity contribution in [1.29, 1.82) is 0 Å². The van der Waals surface area contributed by atoms with Gasteiger partial charge in [-0.2, -0.15) is 0 Å². The molecule has 0 atom stereocenters. The zero-order valence-corrected chi connectivity index (χ0v) is 13.5. The summed E-state index contributed by atoms with van der Waals surface area (Å²) in [6, 6.07) is 15.9. The molecule has 0 aromatic heterocycles. The Bertz CT molecular complexity index is 612. The molecule has 0 bridgehead atoms. The topological polar surface area (TPSA) is 12.0 Å². The second-order valence-corrected chi connectivity index (χ2v) is 6.65. The first-order valence-corrected chi connectivity index (χ1v) is 8.13. The summed E-state index contributed by atoms with van der Waals surface area (Å²) in [5.41, 5.74) is 5.06. The van der Waals surface area contributed by atoms with Crippen LogP contribution in [-0.4, -0.2) is 6.04 Å². The van der Waals surface area contributed by atoms with Crippen LogP contribution >= 0.6 is 11.6 Å². The van der Waals surface area contributed by atoms with E-state index in [9.17, 15) is 0 Å². The van der Waals surface area contributed by atoms with Crippen LogP contribution < -0.4 is 5.32 Å². The summed E-state index contributed by atoms with van der Waals surface area (Å²) in [4.78, 5) is 0. The maximum atomic E-state index is 6.31. The number of nitrogens with one attached hydrogen (secondary N) is 1. The van der Waals surface area contributed by atoms with Crippen LogP contribution in [-0.2, 0) is 6.54 Å². The molecule has 0 spiro atoms. The van der Waals surface area contributed by atoms with E-state index in [0.717, 1.165) is 11.6 Å². The Morgan fingerprint density at radius 1 is 1.05 bits per heavy atom. The van der Waals surface area contributed by atoms with Gasteiger partial charge in [0.25, 0.3) is 0 Å². The monoisotopic (exact) mass is 299 g/mol. The first-order chi connectivity index (χ1) is 10.1. The van der Waals surface area contributed by atoms with Crippen LogP contribution in [0.5, 0.6) is 0 Å². The van der Waals surface area contributed by atoms with Crippen molar-refractivity contribution in [2.45, 2.75) is 45.2 Å². The van der Waals surface area contributed by atoms with E-state index >= 15 is 0 Å². The van der Waals surface area contributed by atoms with Gasteiger partial charge in [0.15, 0.2) is 0 Å². The van der Waals surface area contributed by atoms with Gasteiger partial charge in [0.1, 0.15) is 0 Å². The Hall–Kier alpha value is -1.31. The standard InChI is InChI=1S/C19H22ClN/c1-13(2)14-3-5-15(6-4-14)16-7-10-19(20)17(11-16)12-21-18-8-9-18/h3-7,10-11,13,18,21H,8-9,12H2,1-2H3. The lowest BCUT2D eigenvalue weighted by Gasteiger charge is -2.10. The molecule has 1 nitrogen and oxygen atoms in total. The Labute approximate surface area is 132 Å². The highest BCUT2D eigenvalue weighted by Crippen LogP contribution is 2.27. The molecule has 1 aliphatic rings. The van der Waals surface area contributed by atoms with Crippen LogP contribution in [0.3, 0.4) is 0 Å². The highest BCUT2D eigenvalue weighted by molar-refractivity contribution is 6.31. The van der Waals surface area contributed by atoms with Crippen molar-refractivity contribution in [1.82, 2.24) is 5.32 Å². The highest BCUT2D eigenvalue weighted by Gasteiger charge is 2.20. The maximum Gasteiger partial charge on any atom is 0.0451 e. The van der Waals surface area contributed by atoms with Gasteiger partial charge in [-0.3, -0.25) is 0 Å². The van der Waals surface area contributed by atoms with Gasteiger partial charge in [0.2, 0.25) is 0 Å². The van der Waals surface area contributed by atoms with E-state index in [1.165, 1.54) is 35.1 Å². The van der Waals surface area contributed by atoms with E-state index < -0.39 is 0 Å². The zero-order chi connectivity index (χ0) is 14.8. The van der Waals surface area contributed by atoms with E-state index in [1.54, 1.807) is 0 Å². The lowest BCUT2D eigenvalue weighted by atomic mass is 9.98. The predicted octanol–water partition coefficient (Wildman–Crippen LogP) is 5.38. The molecule has 2 aromatic rings. The molecule has 0 heterocycles. The van der Waals surface area contributed by atoms with Gasteiger partial charge < -0.3 is 5.32 Å². The fraction of sp³-hybridized carbons (Fsp3) is 0.368. The van der Waals surface area contributed by atoms with Gasteiger partial charge >= 0.3 is 0 Å². The molecule has 110 valence electrons. The van der Waals surface area contributed by atoms with Crippen LogP contribution in [0, 0.1) is 0 Å². The second-order valence-electron chi connectivity index (χ2n) is 6.24. The van der Waals surface area contributed by atoms with E-state index in [2.05, 4.69) is 55.6 Å². The van der Waals surface area contributed by atoms with E-state index in [4.69, 9.17) is 11.6 Å². The van der Waals surface area contributed by atoms with Crippen molar-refractivity contribution in [3.8, 4) is 11.1 Å². The van der Waals surface area contributed by atoms with Gasteiger partial charge in [-0.05, 0) is 53.1 Å². The molecule has 1 fully saturated rings. The Morgan fingerprint density at radius 2 is 1.71 bits per heavy atom. The Morgan fingerprint density at radius 3 is 2.33 bits per heavy atom. The molecule has 0 amide bonds. The average Bonchev–Trinajstić information content (AvgIpc) is 3.31. The lowest BCUT2D eigenvalue weighted by Crippen LogP contribution is -2.15. The number of hydrogen-bond acceptors (Lipinski definition) is 1. The lowest BCUT2D eigenvalue weighted by molar-refractivity contribution is 0.688. The second kappa shape index (κ2) is 6.21. The molecular weight excluding hydrogens is 278 g/mol. The third-order valence-corrected chi connectivity index (χ3v) is 4.48. The first-order valence-electron chi connectivity index (χ1n) is 7.75. The average molecular weight is 300 g/mol. The molecule has 2 aromatic carbocycles. The van der Waals surface area contributed by atoms with Gasteiger partial charge in [-0.15, -0.1) is 0 Å². The van der Waals surface area contributed by atoms with E-state index in [1.807, 2.05) is 6.07 Å². The fourth-order valence-electron chi connectivity index (χ4n) is 2.49. The minimum Gasteiger partial charge on any atom is -0.310 e. The quantitative estimate of drug-likeness (QED) is 0.781. The van der Waals surface area contributed by atoms with Crippen LogP contribution in [0.2, 0.25) is 5.02 Å². The van der Waals surface area contributed by atoms with E-state index in [0.29, 0.717) is 12.0 Å². The van der Waals surface area contributed by atoms with Crippen molar-refractivity contribution >= 4 is 11.6 Å². The summed E-state index contributed by atoms with van der Waals surface area (Å²) < 4.78 is 0. The molecule has 2 heteroatoms. The molecule has 3 rings (SSSR count). The predicted molar refractivity (Wildman–Crippen MR) is 90.8 cm³/mol. The van der Waals surface area contributed by atoms with Crippen LogP contribution in [0.15, 0.2) is 42.5 Å². The van der Waals surface area contributed by atoms with Crippen molar-refractivity contribution in [3.63, 3.8) is 0 Å². The van der Waals surface area contributed by atoms with Crippen molar-refractivity contribution < 1.29 is 0 Å². The van der Waals surface area contributed by atoms with Crippen LogP contribution in [0.25, 0.3) is 11.1 Å². The summed E-state index contributed by atoms with van der Waals surface area (Å²) in [7, 11) is 0. The molecule has 1 N–H and O–H groups in total. The minimum absolute atomic E-state index is 0.572. The number of hydrogen-bond donors (Lipinski definition) is 1. The Balaban J connectivity index is 1.81. The third-order valence-electron chi connectivity index (χ3n) is 4.11. The SMILES string of the molecule is CC(C)c1ccc(-c2ccc(Cl)c(CNC3CC3)c2)cc1. The summed E-state index contributed by atoms with van der Waals surface area (Å²) in [6.07, 6.45) is 2.60. The first kappa shape index (κ1) is 14.6. The Kier molecular flexibility index (Phi) is 4.32. The fourth-order valence-corrected chi connectivity index (χ4v) is 2.68. The van der Waals surface area contributed by atoms with Crippen molar-refractivity contribution in [2.75, 3.05) is 0 Å². The van der Waals surface area contributed by atoms with Crippen molar-refractivity contribution in [2.24, 2.45) is 0 Å².